The van der Waals surface area contributed by atoms with Crippen molar-refractivity contribution in [3.05, 3.63) is 0 Å². The SMILES string of the molecule is C#CCNC(=O)CN=C(N)NCC1CCCO1.I. The minimum atomic E-state index is -0.246. The number of carbonyl (C=O) groups is 1. The summed E-state index contributed by atoms with van der Waals surface area (Å²) in [4.78, 5) is 15.0. The summed E-state index contributed by atoms with van der Waals surface area (Å²) in [6, 6.07) is 0. The summed E-state index contributed by atoms with van der Waals surface area (Å²) in [6.07, 6.45) is 7.30. The highest BCUT2D eigenvalue weighted by molar-refractivity contribution is 14.0. The van der Waals surface area contributed by atoms with E-state index in [0.29, 0.717) is 6.54 Å². The largest absolute Gasteiger partial charge is 0.376 e. The molecule has 1 atom stereocenters. The van der Waals surface area contributed by atoms with Crippen LogP contribution in [0.25, 0.3) is 0 Å². The zero-order valence-electron chi connectivity index (χ0n) is 10.1. The Morgan fingerprint density at radius 3 is 2.94 bits per heavy atom. The molecule has 1 amide bonds. The zero-order valence-corrected chi connectivity index (χ0v) is 12.5. The first-order chi connectivity index (χ1) is 8.22. The zero-order chi connectivity index (χ0) is 12.5. The van der Waals surface area contributed by atoms with Crippen LogP contribution in [0, 0.1) is 12.3 Å². The molecule has 0 aromatic rings. The summed E-state index contributed by atoms with van der Waals surface area (Å²) in [7, 11) is 0. The van der Waals surface area contributed by atoms with Gasteiger partial charge in [-0.05, 0) is 12.8 Å². The maximum atomic E-state index is 11.1. The molecule has 0 spiro atoms. The molecule has 0 saturated carbocycles. The number of nitrogens with zero attached hydrogens (tertiary/aromatic N) is 1. The predicted octanol–water partition coefficient (Wildman–Crippen LogP) is -0.563. The second kappa shape index (κ2) is 9.96. The van der Waals surface area contributed by atoms with Crippen molar-refractivity contribution >= 4 is 35.8 Å². The number of aliphatic imine (C=N–C) groups is 1. The van der Waals surface area contributed by atoms with Gasteiger partial charge in [-0.25, -0.2) is 4.99 Å². The molecule has 1 rings (SSSR count). The van der Waals surface area contributed by atoms with Crippen molar-refractivity contribution in [2.24, 2.45) is 10.7 Å². The number of nitrogens with one attached hydrogen (secondary N) is 2. The van der Waals surface area contributed by atoms with Crippen molar-refractivity contribution in [2.45, 2.75) is 18.9 Å². The van der Waals surface area contributed by atoms with Gasteiger partial charge in [-0.15, -0.1) is 30.4 Å². The average molecular weight is 366 g/mol. The molecule has 1 aliphatic heterocycles. The van der Waals surface area contributed by atoms with Crippen molar-refractivity contribution < 1.29 is 9.53 Å². The molecule has 1 heterocycles. The Labute approximate surface area is 124 Å². The third-order valence-electron chi connectivity index (χ3n) is 2.32. The number of halogens is 1. The molecule has 1 aliphatic rings. The van der Waals surface area contributed by atoms with Gasteiger partial charge < -0.3 is 21.1 Å². The molecule has 0 aromatic heterocycles. The Kier molecular flexibility index (Phi) is 9.40. The highest BCUT2D eigenvalue weighted by Crippen LogP contribution is 2.10. The lowest BCUT2D eigenvalue weighted by Gasteiger charge is -2.10. The van der Waals surface area contributed by atoms with Gasteiger partial charge in [-0.2, -0.15) is 0 Å². The number of nitrogens with two attached hydrogens (primary N) is 1. The molecule has 0 aromatic carbocycles. The smallest absolute Gasteiger partial charge is 0.242 e. The lowest BCUT2D eigenvalue weighted by Crippen LogP contribution is -2.38. The Morgan fingerprint density at radius 1 is 1.56 bits per heavy atom. The van der Waals surface area contributed by atoms with E-state index in [0.717, 1.165) is 19.4 Å². The fourth-order valence-corrected chi connectivity index (χ4v) is 1.44. The first kappa shape index (κ1) is 17.0. The van der Waals surface area contributed by atoms with E-state index in [1.807, 2.05) is 0 Å². The quantitative estimate of drug-likeness (QED) is 0.263. The van der Waals surface area contributed by atoms with E-state index in [9.17, 15) is 4.79 Å². The van der Waals surface area contributed by atoms with Crippen LogP contribution < -0.4 is 16.4 Å². The summed E-state index contributed by atoms with van der Waals surface area (Å²) < 4.78 is 5.41. The highest BCUT2D eigenvalue weighted by Gasteiger charge is 2.14. The molecule has 0 bridgehead atoms. The number of hydrogen-bond donors (Lipinski definition) is 3. The van der Waals surface area contributed by atoms with E-state index >= 15 is 0 Å². The molecule has 0 radical (unpaired) electrons. The first-order valence-electron chi connectivity index (χ1n) is 5.58. The minimum absolute atomic E-state index is 0. The number of carbonyl (C=O) groups excluding carboxylic acids is 1. The van der Waals surface area contributed by atoms with Crippen LogP contribution in [0.1, 0.15) is 12.8 Å². The summed E-state index contributed by atoms with van der Waals surface area (Å²) >= 11 is 0. The van der Waals surface area contributed by atoms with Gasteiger partial charge in [0.15, 0.2) is 5.96 Å². The topological polar surface area (TPSA) is 88.7 Å². The maximum absolute atomic E-state index is 11.1. The molecule has 1 fully saturated rings. The van der Waals surface area contributed by atoms with Crippen LogP contribution in [0.2, 0.25) is 0 Å². The predicted molar refractivity (Wildman–Crippen MR) is 80.7 cm³/mol. The van der Waals surface area contributed by atoms with Crippen LogP contribution in [0.3, 0.4) is 0 Å². The van der Waals surface area contributed by atoms with Crippen molar-refractivity contribution in [1.29, 1.82) is 0 Å². The molecule has 102 valence electrons. The second-order valence-electron chi connectivity index (χ2n) is 3.70. The third kappa shape index (κ3) is 7.34. The molecule has 0 aliphatic carbocycles. The summed E-state index contributed by atoms with van der Waals surface area (Å²) in [5.41, 5.74) is 5.59. The fourth-order valence-electron chi connectivity index (χ4n) is 1.44. The Balaban J connectivity index is 0.00000289. The summed E-state index contributed by atoms with van der Waals surface area (Å²) in [5, 5.41) is 5.41. The molecule has 4 N–H and O–H groups in total. The van der Waals surface area contributed by atoms with Gasteiger partial charge in [-0.3, -0.25) is 4.79 Å². The molecule has 1 unspecified atom stereocenters. The Morgan fingerprint density at radius 2 is 2.33 bits per heavy atom. The van der Waals surface area contributed by atoms with E-state index in [1.165, 1.54) is 0 Å². The van der Waals surface area contributed by atoms with Crippen molar-refractivity contribution in [2.75, 3.05) is 26.2 Å². The van der Waals surface area contributed by atoms with E-state index < -0.39 is 0 Å². The fraction of sp³-hybridized carbons (Fsp3) is 0.636. The van der Waals surface area contributed by atoms with E-state index in [-0.39, 0.29) is 55.0 Å². The third-order valence-corrected chi connectivity index (χ3v) is 2.32. The van der Waals surface area contributed by atoms with Crippen LogP contribution in [0.4, 0.5) is 0 Å². The second-order valence-corrected chi connectivity index (χ2v) is 3.70. The standard InChI is InChI=1S/C11H18N4O2.HI/c1-2-5-13-10(16)8-15-11(12)14-7-9-4-3-6-17-9;/h1,9H,3-8H2,(H,13,16)(H3,12,14,15);1H. The summed E-state index contributed by atoms with van der Waals surface area (Å²) in [5.74, 6) is 2.31. The lowest BCUT2D eigenvalue weighted by molar-refractivity contribution is -0.119. The van der Waals surface area contributed by atoms with Crippen LogP contribution in [0.5, 0.6) is 0 Å². The number of hydrogen-bond acceptors (Lipinski definition) is 3. The molecular weight excluding hydrogens is 347 g/mol. The Hall–Kier alpha value is -1.01. The molecule has 7 heteroatoms. The van der Waals surface area contributed by atoms with Gasteiger partial charge in [0.25, 0.3) is 0 Å². The van der Waals surface area contributed by atoms with E-state index in [4.69, 9.17) is 16.9 Å². The molecule has 6 nitrogen and oxygen atoms in total. The average Bonchev–Trinajstić information content (AvgIpc) is 2.84. The summed E-state index contributed by atoms with van der Waals surface area (Å²) in [6.45, 7) is 1.61. The van der Waals surface area contributed by atoms with Crippen LogP contribution in [0.15, 0.2) is 4.99 Å². The van der Waals surface area contributed by atoms with E-state index in [1.54, 1.807) is 0 Å². The number of ether oxygens (including phenoxy) is 1. The van der Waals surface area contributed by atoms with Gasteiger partial charge >= 0.3 is 0 Å². The normalized spacial score (nSPS) is 18.6. The first-order valence-corrected chi connectivity index (χ1v) is 5.58. The lowest BCUT2D eigenvalue weighted by atomic mass is 10.2. The monoisotopic (exact) mass is 366 g/mol. The highest BCUT2D eigenvalue weighted by atomic mass is 127. The molecule has 18 heavy (non-hydrogen) atoms. The van der Waals surface area contributed by atoms with Crippen molar-refractivity contribution in [3.63, 3.8) is 0 Å². The number of rotatable bonds is 5. The number of amides is 1. The number of guanidine groups is 1. The van der Waals surface area contributed by atoms with Crippen molar-refractivity contribution in [1.82, 2.24) is 10.6 Å². The van der Waals surface area contributed by atoms with Crippen LogP contribution >= 0.6 is 24.0 Å². The van der Waals surface area contributed by atoms with Crippen molar-refractivity contribution in [3.8, 4) is 12.3 Å². The van der Waals surface area contributed by atoms with Gasteiger partial charge in [0.2, 0.25) is 5.91 Å². The van der Waals surface area contributed by atoms with Crippen LogP contribution in [-0.2, 0) is 9.53 Å². The van der Waals surface area contributed by atoms with Gasteiger partial charge in [0, 0.05) is 13.2 Å². The van der Waals surface area contributed by atoms with Crippen LogP contribution in [-0.4, -0.2) is 44.2 Å². The van der Waals surface area contributed by atoms with Gasteiger partial charge in [0.1, 0.15) is 6.54 Å². The maximum Gasteiger partial charge on any atom is 0.242 e. The van der Waals surface area contributed by atoms with E-state index in [2.05, 4.69) is 21.5 Å². The van der Waals surface area contributed by atoms with Gasteiger partial charge in [0.05, 0.1) is 12.6 Å². The Bertz CT molecular complexity index is 321. The number of terminal acetylenes is 1. The minimum Gasteiger partial charge on any atom is -0.376 e. The molecular formula is C11H19IN4O2. The molecule has 1 saturated heterocycles. The van der Waals surface area contributed by atoms with Gasteiger partial charge in [-0.1, -0.05) is 5.92 Å².